The van der Waals surface area contributed by atoms with Gasteiger partial charge in [0.05, 0.1) is 5.92 Å². The summed E-state index contributed by atoms with van der Waals surface area (Å²) in [6.07, 6.45) is 2.40. The maximum absolute atomic E-state index is 11.7. The number of nitrogens with one attached hydrogen (secondary N) is 2. The molecular weight excluding hydrogens is 208 g/mol. The predicted molar refractivity (Wildman–Crippen MR) is 60.1 cm³/mol. The molecule has 92 valence electrons. The number of carbonyl (C=O) groups is 2. The van der Waals surface area contributed by atoms with Gasteiger partial charge in [0.2, 0.25) is 5.91 Å². The van der Waals surface area contributed by atoms with Gasteiger partial charge in [0.15, 0.2) is 0 Å². The van der Waals surface area contributed by atoms with Crippen molar-refractivity contribution in [1.82, 2.24) is 10.6 Å². The summed E-state index contributed by atoms with van der Waals surface area (Å²) < 4.78 is 0. The van der Waals surface area contributed by atoms with Crippen LogP contribution in [0.1, 0.15) is 32.6 Å². The molecule has 0 aromatic heterocycles. The fourth-order valence-corrected chi connectivity index (χ4v) is 1.87. The second-order valence-electron chi connectivity index (χ2n) is 4.39. The zero-order valence-corrected chi connectivity index (χ0v) is 9.66. The normalized spacial score (nSPS) is 21.7. The number of aliphatic carboxylic acids is 1. The first-order valence-electron chi connectivity index (χ1n) is 5.82. The van der Waals surface area contributed by atoms with Gasteiger partial charge in [-0.25, -0.2) is 0 Å². The molecule has 1 rings (SSSR count). The van der Waals surface area contributed by atoms with Crippen molar-refractivity contribution in [1.29, 1.82) is 0 Å². The van der Waals surface area contributed by atoms with E-state index in [0.29, 0.717) is 6.42 Å². The van der Waals surface area contributed by atoms with Gasteiger partial charge in [0, 0.05) is 19.0 Å². The Balaban J connectivity index is 2.14. The summed E-state index contributed by atoms with van der Waals surface area (Å²) in [6, 6.07) is 0.0625. The monoisotopic (exact) mass is 228 g/mol. The van der Waals surface area contributed by atoms with Crippen LogP contribution in [0.2, 0.25) is 0 Å². The molecule has 0 aliphatic carbocycles. The van der Waals surface area contributed by atoms with E-state index in [1.54, 1.807) is 0 Å². The summed E-state index contributed by atoms with van der Waals surface area (Å²) in [7, 11) is 0. The average Bonchev–Trinajstić information content (AvgIpc) is 2.69. The highest BCUT2D eigenvalue weighted by atomic mass is 16.4. The van der Waals surface area contributed by atoms with E-state index >= 15 is 0 Å². The minimum absolute atomic E-state index is 0.0625. The number of carboxylic acid groups (broad SMARTS) is 1. The summed E-state index contributed by atoms with van der Waals surface area (Å²) in [4.78, 5) is 22.0. The quantitative estimate of drug-likeness (QED) is 0.613. The number of hydrogen-bond donors (Lipinski definition) is 3. The topological polar surface area (TPSA) is 78.4 Å². The zero-order valence-electron chi connectivity index (χ0n) is 9.66. The Morgan fingerprint density at radius 3 is 2.88 bits per heavy atom. The second-order valence-corrected chi connectivity index (χ2v) is 4.39. The average molecular weight is 228 g/mol. The Bertz CT molecular complexity index is 250. The first-order chi connectivity index (χ1) is 7.59. The van der Waals surface area contributed by atoms with Gasteiger partial charge in [0.25, 0.3) is 0 Å². The van der Waals surface area contributed by atoms with E-state index in [0.717, 1.165) is 25.9 Å². The van der Waals surface area contributed by atoms with Crippen molar-refractivity contribution in [2.45, 2.75) is 38.6 Å². The highest BCUT2D eigenvalue weighted by Gasteiger charge is 2.23. The van der Waals surface area contributed by atoms with E-state index in [1.807, 2.05) is 6.92 Å². The smallest absolute Gasteiger partial charge is 0.303 e. The van der Waals surface area contributed by atoms with Crippen molar-refractivity contribution in [2.75, 3.05) is 13.1 Å². The molecule has 0 spiro atoms. The number of amides is 1. The minimum atomic E-state index is -0.779. The molecule has 0 aromatic rings. The van der Waals surface area contributed by atoms with Crippen LogP contribution in [0.3, 0.4) is 0 Å². The Morgan fingerprint density at radius 1 is 1.56 bits per heavy atom. The fourth-order valence-electron chi connectivity index (χ4n) is 1.87. The lowest BCUT2D eigenvalue weighted by molar-refractivity contribution is -0.137. The summed E-state index contributed by atoms with van der Waals surface area (Å²) in [6.45, 7) is 3.58. The molecule has 1 saturated heterocycles. The van der Waals surface area contributed by atoms with Gasteiger partial charge in [0.1, 0.15) is 0 Å². The molecule has 1 fully saturated rings. The molecule has 3 N–H and O–H groups in total. The van der Waals surface area contributed by atoms with Crippen LogP contribution in [0.5, 0.6) is 0 Å². The summed E-state index contributed by atoms with van der Waals surface area (Å²) in [5.74, 6) is -0.603. The van der Waals surface area contributed by atoms with Gasteiger partial charge >= 0.3 is 5.97 Å². The predicted octanol–water partition coefficient (Wildman–Crippen LogP) is 0.356. The molecule has 0 bridgehead atoms. The van der Waals surface area contributed by atoms with Gasteiger partial charge in [-0.05, 0) is 32.7 Å². The lowest BCUT2D eigenvalue weighted by atomic mass is 10.1. The number of rotatable bonds is 6. The van der Waals surface area contributed by atoms with E-state index < -0.39 is 5.97 Å². The van der Waals surface area contributed by atoms with Crippen LogP contribution in [0.25, 0.3) is 0 Å². The molecule has 1 aliphatic rings. The van der Waals surface area contributed by atoms with Crippen LogP contribution in [0.15, 0.2) is 0 Å². The van der Waals surface area contributed by atoms with Crippen molar-refractivity contribution in [3.05, 3.63) is 0 Å². The van der Waals surface area contributed by atoms with Crippen LogP contribution in [-0.2, 0) is 9.59 Å². The van der Waals surface area contributed by atoms with Crippen molar-refractivity contribution in [2.24, 2.45) is 5.92 Å². The third-order valence-corrected chi connectivity index (χ3v) is 2.85. The minimum Gasteiger partial charge on any atom is -0.481 e. The third-order valence-electron chi connectivity index (χ3n) is 2.85. The molecule has 1 amide bonds. The van der Waals surface area contributed by atoms with Crippen LogP contribution >= 0.6 is 0 Å². The lowest BCUT2D eigenvalue weighted by Crippen LogP contribution is -2.38. The molecule has 0 aromatic carbocycles. The van der Waals surface area contributed by atoms with Gasteiger partial charge in [-0.2, -0.15) is 0 Å². The second kappa shape index (κ2) is 6.48. The molecular formula is C11H20N2O3. The maximum Gasteiger partial charge on any atom is 0.303 e. The molecule has 0 saturated carbocycles. The van der Waals surface area contributed by atoms with Crippen LogP contribution in [0, 0.1) is 5.92 Å². The van der Waals surface area contributed by atoms with Crippen molar-refractivity contribution in [3.8, 4) is 0 Å². The fraction of sp³-hybridized carbons (Fsp3) is 0.818. The lowest BCUT2D eigenvalue weighted by Gasteiger charge is -2.16. The van der Waals surface area contributed by atoms with Crippen LogP contribution in [0.4, 0.5) is 0 Å². The highest BCUT2D eigenvalue weighted by molar-refractivity contribution is 5.79. The highest BCUT2D eigenvalue weighted by Crippen LogP contribution is 2.08. The molecule has 2 unspecified atom stereocenters. The summed E-state index contributed by atoms with van der Waals surface area (Å²) in [5, 5.41) is 14.6. The summed E-state index contributed by atoms with van der Waals surface area (Å²) >= 11 is 0. The Morgan fingerprint density at radius 2 is 2.31 bits per heavy atom. The summed E-state index contributed by atoms with van der Waals surface area (Å²) in [5.41, 5.74) is 0. The van der Waals surface area contributed by atoms with Crippen LogP contribution in [-0.4, -0.2) is 36.1 Å². The van der Waals surface area contributed by atoms with Gasteiger partial charge < -0.3 is 15.7 Å². The standard InChI is InChI=1S/C11H20N2O3/c1-8(3-2-4-10(14)15)13-11(16)9-5-6-12-7-9/h8-9,12H,2-7H2,1H3,(H,13,16)(H,14,15). The molecule has 2 atom stereocenters. The van der Waals surface area contributed by atoms with Gasteiger partial charge in [-0.3, -0.25) is 9.59 Å². The first kappa shape index (κ1) is 13.0. The zero-order chi connectivity index (χ0) is 12.0. The first-order valence-corrected chi connectivity index (χ1v) is 5.82. The number of carboxylic acids is 1. The van der Waals surface area contributed by atoms with Crippen molar-refractivity contribution >= 4 is 11.9 Å². The SMILES string of the molecule is CC(CCCC(=O)O)NC(=O)C1CCNC1. The van der Waals surface area contributed by atoms with Crippen LogP contribution < -0.4 is 10.6 Å². The third kappa shape index (κ3) is 4.61. The Kier molecular flexibility index (Phi) is 5.25. The van der Waals surface area contributed by atoms with E-state index in [4.69, 9.17) is 5.11 Å². The van der Waals surface area contributed by atoms with Crippen molar-refractivity contribution < 1.29 is 14.7 Å². The number of hydrogen-bond acceptors (Lipinski definition) is 3. The van der Waals surface area contributed by atoms with E-state index in [-0.39, 0.29) is 24.3 Å². The molecule has 1 aliphatic heterocycles. The molecule has 1 heterocycles. The number of carbonyl (C=O) groups excluding carboxylic acids is 1. The largest absolute Gasteiger partial charge is 0.481 e. The maximum atomic E-state index is 11.7. The van der Waals surface area contributed by atoms with E-state index in [1.165, 1.54) is 0 Å². The molecule has 0 radical (unpaired) electrons. The van der Waals surface area contributed by atoms with Crippen molar-refractivity contribution in [3.63, 3.8) is 0 Å². The van der Waals surface area contributed by atoms with E-state index in [2.05, 4.69) is 10.6 Å². The molecule has 16 heavy (non-hydrogen) atoms. The molecule has 5 nitrogen and oxygen atoms in total. The van der Waals surface area contributed by atoms with E-state index in [9.17, 15) is 9.59 Å². The Hall–Kier alpha value is -1.10. The van der Waals surface area contributed by atoms with Gasteiger partial charge in [-0.15, -0.1) is 0 Å². The molecule has 5 heteroatoms. The Labute approximate surface area is 95.6 Å². The van der Waals surface area contributed by atoms with Gasteiger partial charge in [-0.1, -0.05) is 0 Å².